The van der Waals surface area contributed by atoms with Gasteiger partial charge in [0.05, 0.1) is 24.9 Å². The maximum absolute atomic E-state index is 15.1. The molecule has 0 bridgehead atoms. The normalized spacial score (nSPS) is 27.7. The van der Waals surface area contributed by atoms with E-state index in [1.165, 1.54) is 84.7 Å². The second-order valence-corrected chi connectivity index (χ2v) is 26.4. The highest BCUT2D eigenvalue weighted by atomic mass is 16.5. The Morgan fingerprint density at radius 1 is 0.443 bits per heavy atom. The van der Waals surface area contributed by atoms with Crippen molar-refractivity contribution in [3.8, 4) is 0 Å². The Morgan fingerprint density at radius 3 is 1.27 bits per heavy atom. The maximum atomic E-state index is 15.1. The monoisotopic (exact) mass is 1250 g/mol. The van der Waals surface area contributed by atoms with E-state index in [0.29, 0.717) is 12.8 Å². The molecule has 1 fully saturated rings. The van der Waals surface area contributed by atoms with E-state index in [4.69, 9.17) is 4.74 Å². The summed E-state index contributed by atoms with van der Waals surface area (Å²) in [6.45, 7) is 26.0. The van der Waals surface area contributed by atoms with Crippen LogP contribution in [0.1, 0.15) is 156 Å². The topological polar surface area (TPSA) is 337 Å². The van der Waals surface area contributed by atoms with Crippen molar-refractivity contribution in [2.24, 2.45) is 35.5 Å². The van der Waals surface area contributed by atoms with Gasteiger partial charge in [-0.3, -0.25) is 52.7 Å². The van der Waals surface area contributed by atoms with Crippen LogP contribution in [0.25, 0.3) is 0 Å². The summed E-state index contributed by atoms with van der Waals surface area (Å²) in [6, 6.07) is -15.8. The molecule has 0 aliphatic carbocycles. The van der Waals surface area contributed by atoms with Gasteiger partial charge in [0.15, 0.2) is 0 Å². The van der Waals surface area contributed by atoms with Gasteiger partial charge in [-0.1, -0.05) is 95.9 Å². The molecule has 1 unspecified atom stereocenters. The number of unbranched alkanes of at least 4 members (excludes halogenated alkanes) is 1. The smallest absolute Gasteiger partial charge is 0.248 e. The molecule has 0 aromatic heterocycles. The van der Waals surface area contributed by atoms with Crippen LogP contribution in [0.2, 0.25) is 0 Å². The Hall–Kier alpha value is -5.99. The van der Waals surface area contributed by atoms with E-state index in [1.54, 1.807) is 34.6 Å². The first-order valence-corrected chi connectivity index (χ1v) is 31.3. The summed E-state index contributed by atoms with van der Waals surface area (Å²) in [5.41, 5.74) is 0. The lowest BCUT2D eigenvalue weighted by atomic mass is 9.90. The molecule has 0 radical (unpaired) electrons. The first-order valence-electron chi connectivity index (χ1n) is 31.3. The average Bonchev–Trinajstić information content (AvgIpc) is 3.55. The minimum atomic E-state index is -1.88. The first-order chi connectivity index (χ1) is 40.7. The lowest BCUT2D eigenvalue weighted by molar-refractivity contribution is -0.156. The molecule has 0 aromatic rings. The second-order valence-electron chi connectivity index (χ2n) is 26.4. The van der Waals surface area contributed by atoms with Gasteiger partial charge in [-0.05, 0) is 95.3 Å². The molecular formula is C62H113N11O15. The van der Waals surface area contributed by atoms with Gasteiger partial charge in [0, 0.05) is 49.4 Å². The molecule has 506 valence electrons. The molecule has 15 atom stereocenters. The van der Waals surface area contributed by atoms with Crippen LogP contribution in [0.3, 0.4) is 0 Å². The number of carbonyl (C=O) groups is 11. The van der Waals surface area contributed by atoms with E-state index in [9.17, 15) is 63.3 Å². The minimum absolute atomic E-state index is 0.0456. The SMILES string of the molecule is CCCC[C@@H](C)[C@@H](O)[C@H]1C(=O)N[C@@H]([C@@H](C)O)C(=O)N(C)[C@H](CO)C(=O)N(C)[C@@H](C(C)OC)C(=O)N[C@@H](CC(C)C)C(=O)N(C)[C@@H](CC(C)C)C(=O)N[C@@H](C)C(=O)N[C@H](C)C(=O)N(C)[C@@H](CC(C)C)C(=O)N[C@@H](CC(C)C)C(=O)N(C)[C@@H](C(C)C)C(=O)N1C. The molecule has 0 saturated carbocycles. The number of carbonyl (C=O) groups excluding carboxylic acids is 11. The van der Waals surface area contributed by atoms with E-state index < -0.39 is 168 Å². The summed E-state index contributed by atoms with van der Waals surface area (Å²) >= 11 is 0. The summed E-state index contributed by atoms with van der Waals surface area (Å²) < 4.78 is 5.59. The van der Waals surface area contributed by atoms with E-state index in [1.807, 2.05) is 48.5 Å². The fourth-order valence-corrected chi connectivity index (χ4v) is 11.1. The number of methoxy groups -OCH3 is 1. The quantitative estimate of drug-likeness (QED) is 0.0944. The van der Waals surface area contributed by atoms with Gasteiger partial charge in [-0.15, -0.1) is 0 Å². The van der Waals surface area contributed by atoms with Crippen molar-refractivity contribution in [3.63, 3.8) is 0 Å². The Kier molecular flexibility index (Phi) is 33.3. The third-order valence-corrected chi connectivity index (χ3v) is 16.5. The highest BCUT2D eigenvalue weighted by molar-refractivity contribution is 6.00. The Labute approximate surface area is 524 Å². The number of hydrogen-bond donors (Lipinski definition) is 8. The van der Waals surface area contributed by atoms with Gasteiger partial charge in [0.1, 0.15) is 66.5 Å². The first kappa shape index (κ1) is 80.0. The van der Waals surface area contributed by atoms with Crippen molar-refractivity contribution in [2.45, 2.75) is 240 Å². The van der Waals surface area contributed by atoms with Gasteiger partial charge in [0.25, 0.3) is 0 Å². The molecule has 1 aliphatic heterocycles. The maximum Gasteiger partial charge on any atom is 0.248 e. The molecule has 88 heavy (non-hydrogen) atoms. The predicted octanol–water partition coefficient (Wildman–Crippen LogP) is 0.861. The molecule has 0 aromatic carbocycles. The van der Waals surface area contributed by atoms with Gasteiger partial charge >= 0.3 is 0 Å². The lowest BCUT2D eigenvalue weighted by Gasteiger charge is -2.40. The molecule has 26 heteroatoms. The molecule has 26 nitrogen and oxygen atoms in total. The molecule has 1 saturated heterocycles. The highest BCUT2D eigenvalue weighted by Crippen LogP contribution is 2.25. The summed E-state index contributed by atoms with van der Waals surface area (Å²) in [5.74, 6) is -11.3. The van der Waals surface area contributed by atoms with Crippen molar-refractivity contribution < 1.29 is 72.8 Å². The van der Waals surface area contributed by atoms with Crippen LogP contribution in [-0.2, 0) is 57.5 Å². The number of amides is 11. The van der Waals surface area contributed by atoms with Crippen LogP contribution in [0.4, 0.5) is 0 Å². The van der Waals surface area contributed by atoms with Crippen LogP contribution >= 0.6 is 0 Å². The van der Waals surface area contributed by atoms with Crippen LogP contribution in [-0.4, -0.2) is 250 Å². The molecule has 1 rings (SSSR count). The van der Waals surface area contributed by atoms with Crippen molar-refractivity contribution in [1.29, 1.82) is 0 Å². The van der Waals surface area contributed by atoms with Crippen molar-refractivity contribution in [2.75, 3.05) is 56.0 Å². The number of ether oxygens (including phenoxy) is 1. The van der Waals surface area contributed by atoms with Gasteiger partial charge in [-0.2, -0.15) is 0 Å². The fraction of sp³-hybridized carbons (Fsp3) is 0.823. The highest BCUT2D eigenvalue weighted by Gasteiger charge is 2.46. The number of nitrogens with one attached hydrogen (secondary N) is 5. The number of hydrogen-bond acceptors (Lipinski definition) is 15. The molecule has 0 spiro atoms. The minimum Gasteiger partial charge on any atom is -0.394 e. The number of aliphatic hydroxyl groups excluding tert-OH is 3. The molecule has 11 amide bonds. The van der Waals surface area contributed by atoms with Crippen LogP contribution in [0.15, 0.2) is 0 Å². The van der Waals surface area contributed by atoms with Crippen molar-refractivity contribution in [3.05, 3.63) is 0 Å². The standard InChI is InChI=1S/C62H113N11O15/c1-24-25-26-37(12)51(76)50-56(81)67-47(40(15)75)61(86)70(19)46(31-74)60(85)72(21)49(41(16)88-23)55(80)66-42(27-32(2)3)58(83)69(18)44(29-34(6)7)53(78)63-38(13)52(77)64-39(14)57(82)68(17)45(30-35(8)9)54(79)65-43(28-33(4)5)59(84)71(20)48(36(10)11)62(87)73(50)22/h32-51,74-76H,24-31H2,1-23H3,(H,63,78)(H,64,77)(H,65,79)(H,66,80)(H,67,81)/t37-,38+,39-,40-,41?,42+,43+,44+,45+,46-,47+,48+,49+,50+,51-/m1/s1. The average molecular weight is 1250 g/mol. The number of aliphatic hydroxyl groups is 3. The predicted molar refractivity (Wildman–Crippen MR) is 333 cm³/mol. The van der Waals surface area contributed by atoms with E-state index in [0.717, 1.165) is 28.2 Å². The van der Waals surface area contributed by atoms with Gasteiger partial charge < -0.3 is 76.0 Å². The zero-order chi connectivity index (χ0) is 68.3. The summed E-state index contributed by atoms with van der Waals surface area (Å²) in [6.07, 6.45) is -2.31. The zero-order valence-corrected chi connectivity index (χ0v) is 57.1. The molecular weight excluding hydrogens is 1140 g/mol. The summed E-state index contributed by atoms with van der Waals surface area (Å²) in [4.78, 5) is 167. The largest absolute Gasteiger partial charge is 0.394 e. The van der Waals surface area contributed by atoms with Gasteiger partial charge in [0.2, 0.25) is 65.0 Å². The Balaban J connectivity index is 4.43. The lowest BCUT2D eigenvalue weighted by Crippen LogP contribution is -2.65. The van der Waals surface area contributed by atoms with Crippen LogP contribution in [0.5, 0.6) is 0 Å². The van der Waals surface area contributed by atoms with E-state index in [2.05, 4.69) is 26.6 Å². The summed E-state index contributed by atoms with van der Waals surface area (Å²) in [7, 11) is 9.06. The van der Waals surface area contributed by atoms with E-state index >= 15 is 4.79 Å². The Bertz CT molecular complexity index is 2350. The van der Waals surface area contributed by atoms with Crippen molar-refractivity contribution in [1.82, 2.24) is 56.0 Å². The fourth-order valence-electron chi connectivity index (χ4n) is 11.1. The molecule has 1 aliphatic rings. The van der Waals surface area contributed by atoms with Crippen molar-refractivity contribution >= 4 is 65.0 Å². The Morgan fingerprint density at radius 2 is 0.841 bits per heavy atom. The van der Waals surface area contributed by atoms with Gasteiger partial charge in [-0.25, -0.2) is 0 Å². The third-order valence-electron chi connectivity index (χ3n) is 16.5. The molecule has 8 N–H and O–H groups in total. The second kappa shape index (κ2) is 36.6. The third kappa shape index (κ3) is 22.2. The number of likely N-dealkylation sites (N-methyl/N-ethyl adjacent to an activating group) is 6. The zero-order valence-electron chi connectivity index (χ0n) is 57.1. The van der Waals surface area contributed by atoms with Crippen LogP contribution in [0, 0.1) is 35.5 Å². The van der Waals surface area contributed by atoms with E-state index in [-0.39, 0.29) is 49.4 Å². The summed E-state index contributed by atoms with van der Waals surface area (Å²) in [5, 5.41) is 47.7. The van der Waals surface area contributed by atoms with Crippen LogP contribution < -0.4 is 26.6 Å². The number of rotatable bonds is 18. The number of nitrogens with zero attached hydrogens (tertiary/aromatic N) is 6. The molecule has 1 heterocycles.